The molecule has 7 heteroatoms. The summed E-state index contributed by atoms with van der Waals surface area (Å²) < 4.78 is 0. The molecule has 0 aliphatic heterocycles. The average Bonchev–Trinajstić information content (AvgIpc) is 2.45. The molecule has 3 amide bonds. The fourth-order valence-electron chi connectivity index (χ4n) is 2.81. The van der Waals surface area contributed by atoms with Gasteiger partial charge in [-0.05, 0) is 46.0 Å². The van der Waals surface area contributed by atoms with Gasteiger partial charge in [-0.1, -0.05) is 34.6 Å². The summed E-state index contributed by atoms with van der Waals surface area (Å²) in [6.45, 7) is 16.1. The molecule has 158 valence electrons. The number of nitrogens with two attached hydrogens (primary N) is 1. The van der Waals surface area contributed by atoms with E-state index in [0.717, 1.165) is 0 Å². The van der Waals surface area contributed by atoms with E-state index in [2.05, 4.69) is 29.8 Å². The Kier molecular flexibility index (Phi) is 10.00. The molecule has 0 fully saturated rings. The van der Waals surface area contributed by atoms with Gasteiger partial charge in [-0.25, -0.2) is 4.79 Å². The SMILES string of the molecule is CC(C)C[C@H](NC(C)(C)C)C(=O)N[C@@H](CCCNC(N)=O)C(=O)C(C)(C)C. The van der Waals surface area contributed by atoms with Crippen LogP contribution in [-0.2, 0) is 9.59 Å². The summed E-state index contributed by atoms with van der Waals surface area (Å²) in [6.07, 6.45) is 1.69. The van der Waals surface area contributed by atoms with E-state index >= 15 is 0 Å². The molecule has 0 aromatic rings. The second-order valence-electron chi connectivity index (χ2n) is 9.69. The molecule has 0 aliphatic carbocycles. The van der Waals surface area contributed by atoms with Gasteiger partial charge in [0.15, 0.2) is 5.78 Å². The van der Waals surface area contributed by atoms with Crippen molar-refractivity contribution < 1.29 is 14.4 Å². The van der Waals surface area contributed by atoms with Gasteiger partial charge in [0.25, 0.3) is 0 Å². The lowest BCUT2D eigenvalue weighted by Crippen LogP contribution is -2.56. The summed E-state index contributed by atoms with van der Waals surface area (Å²) in [5.41, 5.74) is 4.28. The fourth-order valence-corrected chi connectivity index (χ4v) is 2.81. The predicted octanol–water partition coefficient (Wildman–Crippen LogP) is 2.34. The molecule has 0 saturated heterocycles. The summed E-state index contributed by atoms with van der Waals surface area (Å²) >= 11 is 0. The van der Waals surface area contributed by atoms with E-state index in [-0.39, 0.29) is 23.3 Å². The summed E-state index contributed by atoms with van der Waals surface area (Å²) in [6, 6.07) is -1.56. The van der Waals surface area contributed by atoms with Crippen molar-refractivity contribution in [2.24, 2.45) is 17.1 Å². The van der Waals surface area contributed by atoms with Crippen LogP contribution in [0.4, 0.5) is 4.79 Å². The standard InChI is InChI=1S/C20H40N4O3/c1-13(2)12-15(24-20(6,7)8)17(26)23-14(16(25)19(3,4)5)10-9-11-22-18(21)27/h13-15,24H,9-12H2,1-8H3,(H,23,26)(H3,21,22,27)/t14-,15-/m0/s1. The Morgan fingerprint density at radius 2 is 1.52 bits per heavy atom. The van der Waals surface area contributed by atoms with Crippen LogP contribution >= 0.6 is 0 Å². The van der Waals surface area contributed by atoms with E-state index in [0.29, 0.717) is 31.7 Å². The first-order valence-electron chi connectivity index (χ1n) is 9.79. The number of Topliss-reactive ketones (excluding diaryl/α,β-unsaturated/α-hetero) is 1. The van der Waals surface area contributed by atoms with Gasteiger partial charge in [0.2, 0.25) is 5.91 Å². The first kappa shape index (κ1) is 25.4. The van der Waals surface area contributed by atoms with E-state index < -0.39 is 17.5 Å². The van der Waals surface area contributed by atoms with Gasteiger partial charge in [0.1, 0.15) is 0 Å². The minimum atomic E-state index is -0.594. The predicted molar refractivity (Wildman–Crippen MR) is 109 cm³/mol. The summed E-state index contributed by atoms with van der Waals surface area (Å²) in [7, 11) is 0. The number of hydrogen-bond donors (Lipinski definition) is 4. The maximum absolute atomic E-state index is 12.9. The highest BCUT2D eigenvalue weighted by Gasteiger charge is 2.33. The number of ketones is 1. The van der Waals surface area contributed by atoms with Crippen LogP contribution in [0.5, 0.6) is 0 Å². The molecule has 0 unspecified atom stereocenters. The Labute approximate surface area is 164 Å². The Hall–Kier alpha value is -1.63. The van der Waals surface area contributed by atoms with Crippen LogP contribution in [0.15, 0.2) is 0 Å². The summed E-state index contributed by atoms with van der Waals surface area (Å²) in [4.78, 5) is 36.5. The third-order valence-electron chi connectivity index (χ3n) is 3.97. The normalized spacial score (nSPS) is 14.6. The average molecular weight is 385 g/mol. The highest BCUT2D eigenvalue weighted by atomic mass is 16.2. The van der Waals surface area contributed by atoms with Gasteiger partial charge in [0.05, 0.1) is 12.1 Å². The Balaban J connectivity index is 5.19. The lowest BCUT2D eigenvalue weighted by Gasteiger charge is -2.31. The molecular weight excluding hydrogens is 344 g/mol. The number of amides is 3. The van der Waals surface area contributed by atoms with E-state index in [4.69, 9.17) is 5.73 Å². The maximum Gasteiger partial charge on any atom is 0.312 e. The van der Waals surface area contributed by atoms with Crippen LogP contribution in [0, 0.1) is 11.3 Å². The highest BCUT2D eigenvalue weighted by Crippen LogP contribution is 2.19. The zero-order chi connectivity index (χ0) is 21.4. The first-order valence-corrected chi connectivity index (χ1v) is 9.79. The largest absolute Gasteiger partial charge is 0.352 e. The number of hydrogen-bond acceptors (Lipinski definition) is 4. The maximum atomic E-state index is 12.9. The molecule has 0 aromatic carbocycles. The number of carbonyl (C=O) groups is 3. The third kappa shape index (κ3) is 11.6. The van der Waals surface area contributed by atoms with Gasteiger partial charge in [0, 0.05) is 17.5 Å². The zero-order valence-corrected chi connectivity index (χ0v) is 18.4. The first-order chi connectivity index (χ1) is 12.1. The van der Waals surface area contributed by atoms with Crippen LogP contribution in [0.3, 0.4) is 0 Å². The molecule has 0 aromatic heterocycles. The topological polar surface area (TPSA) is 113 Å². The molecule has 0 bridgehead atoms. The Morgan fingerprint density at radius 1 is 0.963 bits per heavy atom. The second kappa shape index (κ2) is 10.6. The Morgan fingerprint density at radius 3 is 1.93 bits per heavy atom. The van der Waals surface area contributed by atoms with Gasteiger partial charge < -0.3 is 21.7 Å². The highest BCUT2D eigenvalue weighted by molar-refractivity contribution is 5.93. The monoisotopic (exact) mass is 384 g/mol. The molecule has 27 heavy (non-hydrogen) atoms. The second-order valence-corrected chi connectivity index (χ2v) is 9.69. The minimum absolute atomic E-state index is 0.0195. The van der Waals surface area contributed by atoms with E-state index in [9.17, 15) is 14.4 Å². The van der Waals surface area contributed by atoms with E-state index in [1.165, 1.54) is 0 Å². The molecule has 0 rings (SSSR count). The molecule has 7 nitrogen and oxygen atoms in total. The van der Waals surface area contributed by atoms with Crippen molar-refractivity contribution in [1.29, 1.82) is 0 Å². The lowest BCUT2D eigenvalue weighted by atomic mass is 9.84. The van der Waals surface area contributed by atoms with Gasteiger partial charge in [-0.15, -0.1) is 0 Å². The van der Waals surface area contributed by atoms with Crippen molar-refractivity contribution in [3.8, 4) is 0 Å². The fraction of sp³-hybridized carbons (Fsp3) is 0.850. The van der Waals surface area contributed by atoms with Crippen LogP contribution in [0.2, 0.25) is 0 Å². The molecular formula is C20H40N4O3. The van der Waals surface area contributed by atoms with Gasteiger partial charge in [-0.3, -0.25) is 9.59 Å². The molecule has 0 aliphatic rings. The molecule has 0 saturated carbocycles. The van der Waals surface area contributed by atoms with Gasteiger partial charge in [-0.2, -0.15) is 0 Å². The van der Waals surface area contributed by atoms with Crippen LogP contribution in [0.25, 0.3) is 0 Å². The molecule has 5 N–H and O–H groups in total. The summed E-state index contributed by atoms with van der Waals surface area (Å²) in [5, 5.41) is 8.81. The number of primary amides is 1. The lowest BCUT2D eigenvalue weighted by molar-refractivity contribution is -0.133. The van der Waals surface area contributed by atoms with Crippen molar-refractivity contribution in [2.45, 2.75) is 92.3 Å². The minimum Gasteiger partial charge on any atom is -0.352 e. The molecule has 0 spiro atoms. The molecule has 0 heterocycles. The van der Waals surface area contributed by atoms with E-state index in [1.54, 1.807) is 0 Å². The number of rotatable bonds is 10. The van der Waals surface area contributed by atoms with Crippen LogP contribution in [0.1, 0.15) is 74.7 Å². The smallest absolute Gasteiger partial charge is 0.312 e. The van der Waals surface area contributed by atoms with Crippen LogP contribution < -0.4 is 21.7 Å². The molecule has 2 atom stereocenters. The zero-order valence-electron chi connectivity index (χ0n) is 18.4. The number of urea groups is 1. The van der Waals surface area contributed by atoms with Crippen molar-refractivity contribution in [3.05, 3.63) is 0 Å². The third-order valence-corrected chi connectivity index (χ3v) is 3.97. The molecule has 0 radical (unpaired) electrons. The quantitative estimate of drug-likeness (QED) is 0.433. The van der Waals surface area contributed by atoms with Crippen molar-refractivity contribution in [2.75, 3.05) is 6.54 Å². The van der Waals surface area contributed by atoms with Crippen molar-refractivity contribution in [1.82, 2.24) is 16.0 Å². The number of carbonyl (C=O) groups excluding carboxylic acids is 3. The van der Waals surface area contributed by atoms with Crippen molar-refractivity contribution in [3.63, 3.8) is 0 Å². The van der Waals surface area contributed by atoms with E-state index in [1.807, 2.05) is 41.5 Å². The Bertz CT molecular complexity index is 504. The van der Waals surface area contributed by atoms with Crippen LogP contribution in [-0.4, -0.2) is 41.9 Å². The number of nitrogens with one attached hydrogen (secondary N) is 3. The van der Waals surface area contributed by atoms with Gasteiger partial charge >= 0.3 is 6.03 Å². The summed E-state index contributed by atoms with van der Waals surface area (Å²) in [5.74, 6) is 0.158. The van der Waals surface area contributed by atoms with Crippen molar-refractivity contribution >= 4 is 17.7 Å².